The van der Waals surface area contributed by atoms with Crippen molar-refractivity contribution in [3.05, 3.63) is 60.0 Å². The first kappa shape index (κ1) is 19.3. The number of allylic oxidation sites excluding steroid dienone is 2. The lowest BCUT2D eigenvalue weighted by Gasteiger charge is -2.24. The SMILES string of the molecule is COC(=O)C1=C(C(=O)OC)N(c2ccc(N(C)CCO)cc2)C=CC=C1. The summed E-state index contributed by atoms with van der Waals surface area (Å²) in [5.74, 6) is -1.28. The van der Waals surface area contributed by atoms with E-state index in [0.29, 0.717) is 12.2 Å². The van der Waals surface area contributed by atoms with Crippen molar-refractivity contribution >= 4 is 23.3 Å². The lowest BCUT2D eigenvalue weighted by Crippen LogP contribution is -2.27. The van der Waals surface area contributed by atoms with Gasteiger partial charge in [-0.15, -0.1) is 0 Å². The van der Waals surface area contributed by atoms with Gasteiger partial charge in [-0.25, -0.2) is 9.59 Å². The van der Waals surface area contributed by atoms with Crippen LogP contribution < -0.4 is 9.80 Å². The normalized spacial score (nSPS) is 13.5. The van der Waals surface area contributed by atoms with Gasteiger partial charge >= 0.3 is 11.9 Å². The van der Waals surface area contributed by atoms with Crippen LogP contribution in [0.4, 0.5) is 11.4 Å². The summed E-state index contributed by atoms with van der Waals surface area (Å²) in [5.41, 5.74) is 1.76. The van der Waals surface area contributed by atoms with Crippen molar-refractivity contribution < 1.29 is 24.2 Å². The van der Waals surface area contributed by atoms with E-state index < -0.39 is 11.9 Å². The monoisotopic (exact) mass is 358 g/mol. The summed E-state index contributed by atoms with van der Waals surface area (Å²) in [6, 6.07) is 7.36. The first-order valence-electron chi connectivity index (χ1n) is 8.00. The van der Waals surface area contributed by atoms with Crippen LogP contribution >= 0.6 is 0 Å². The number of esters is 2. The molecular formula is C19H22N2O5. The molecule has 2 rings (SSSR count). The molecule has 0 saturated heterocycles. The third-order valence-electron chi connectivity index (χ3n) is 3.89. The Morgan fingerprint density at radius 3 is 2.31 bits per heavy atom. The molecule has 138 valence electrons. The Kier molecular flexibility index (Phi) is 6.57. The quantitative estimate of drug-likeness (QED) is 0.774. The lowest BCUT2D eigenvalue weighted by atomic mass is 10.1. The fourth-order valence-electron chi connectivity index (χ4n) is 2.51. The maximum atomic E-state index is 12.4. The number of carbonyl (C=O) groups is 2. The second kappa shape index (κ2) is 8.87. The predicted octanol–water partition coefficient (Wildman–Crippen LogP) is 1.61. The van der Waals surface area contributed by atoms with E-state index in [1.807, 2.05) is 36.2 Å². The highest BCUT2D eigenvalue weighted by molar-refractivity contribution is 6.05. The van der Waals surface area contributed by atoms with Crippen LogP contribution in [-0.4, -0.2) is 51.5 Å². The molecule has 0 saturated carbocycles. The van der Waals surface area contributed by atoms with Crippen LogP contribution in [0, 0.1) is 0 Å². The summed E-state index contributed by atoms with van der Waals surface area (Å²) in [7, 11) is 4.39. The number of nitrogens with zero attached hydrogens (tertiary/aromatic N) is 2. The third kappa shape index (κ3) is 4.12. The minimum absolute atomic E-state index is 0.0521. The van der Waals surface area contributed by atoms with Crippen molar-refractivity contribution in [3.63, 3.8) is 0 Å². The van der Waals surface area contributed by atoms with Gasteiger partial charge in [0.2, 0.25) is 0 Å². The number of hydrogen-bond donors (Lipinski definition) is 1. The number of benzene rings is 1. The molecule has 0 amide bonds. The van der Waals surface area contributed by atoms with Gasteiger partial charge in [0.25, 0.3) is 0 Å². The first-order chi connectivity index (χ1) is 12.5. The molecule has 0 aliphatic carbocycles. The van der Waals surface area contributed by atoms with Crippen molar-refractivity contribution in [3.8, 4) is 0 Å². The van der Waals surface area contributed by atoms with Gasteiger partial charge < -0.3 is 24.4 Å². The van der Waals surface area contributed by atoms with Crippen molar-refractivity contribution in [1.29, 1.82) is 0 Å². The summed E-state index contributed by atoms with van der Waals surface area (Å²) >= 11 is 0. The zero-order valence-electron chi connectivity index (χ0n) is 15.0. The van der Waals surface area contributed by atoms with Gasteiger partial charge in [-0.05, 0) is 36.4 Å². The van der Waals surface area contributed by atoms with Crippen LogP contribution in [-0.2, 0) is 19.1 Å². The molecule has 26 heavy (non-hydrogen) atoms. The van der Waals surface area contributed by atoms with Crippen LogP contribution in [0.5, 0.6) is 0 Å². The molecule has 1 aromatic carbocycles. The van der Waals surface area contributed by atoms with Crippen molar-refractivity contribution in [1.82, 2.24) is 0 Å². The second-order valence-corrected chi connectivity index (χ2v) is 5.48. The molecule has 7 heteroatoms. The topological polar surface area (TPSA) is 79.3 Å². The molecule has 0 atom stereocenters. The van der Waals surface area contributed by atoms with Gasteiger partial charge in [0.05, 0.1) is 26.4 Å². The smallest absolute Gasteiger partial charge is 0.355 e. The Hall–Kier alpha value is -3.06. The molecule has 1 N–H and O–H groups in total. The summed E-state index contributed by atoms with van der Waals surface area (Å²) in [6.07, 6.45) is 6.55. The predicted molar refractivity (Wildman–Crippen MR) is 98.6 cm³/mol. The highest BCUT2D eigenvalue weighted by Gasteiger charge is 2.27. The van der Waals surface area contributed by atoms with Gasteiger partial charge in [-0.3, -0.25) is 0 Å². The van der Waals surface area contributed by atoms with Crippen molar-refractivity contribution in [2.24, 2.45) is 0 Å². The number of rotatable bonds is 6. The van der Waals surface area contributed by atoms with Crippen LogP contribution in [0.3, 0.4) is 0 Å². The highest BCUT2D eigenvalue weighted by atomic mass is 16.5. The number of carbonyl (C=O) groups excluding carboxylic acids is 2. The molecule has 1 aliphatic heterocycles. The fourth-order valence-corrected chi connectivity index (χ4v) is 2.51. The number of aliphatic hydroxyl groups excluding tert-OH is 1. The van der Waals surface area contributed by atoms with E-state index in [-0.39, 0.29) is 17.9 Å². The van der Waals surface area contributed by atoms with Crippen molar-refractivity contribution in [2.75, 3.05) is 44.2 Å². The molecule has 1 aromatic rings. The highest BCUT2D eigenvalue weighted by Crippen LogP contribution is 2.28. The van der Waals surface area contributed by atoms with E-state index in [4.69, 9.17) is 14.6 Å². The molecule has 0 unspecified atom stereocenters. The molecule has 7 nitrogen and oxygen atoms in total. The van der Waals surface area contributed by atoms with Gasteiger partial charge in [0.15, 0.2) is 0 Å². The molecule has 1 aliphatic rings. The minimum Gasteiger partial charge on any atom is -0.465 e. The molecule has 0 bridgehead atoms. The van der Waals surface area contributed by atoms with Gasteiger partial charge in [-0.2, -0.15) is 0 Å². The second-order valence-electron chi connectivity index (χ2n) is 5.48. The van der Waals surface area contributed by atoms with Crippen LogP contribution in [0.25, 0.3) is 0 Å². The van der Waals surface area contributed by atoms with Gasteiger partial charge in [-0.1, -0.05) is 6.08 Å². The molecular weight excluding hydrogens is 336 g/mol. The lowest BCUT2D eigenvalue weighted by molar-refractivity contribution is -0.139. The van der Waals surface area contributed by atoms with Crippen LogP contribution in [0.15, 0.2) is 60.0 Å². The number of methoxy groups -OCH3 is 2. The first-order valence-corrected chi connectivity index (χ1v) is 8.00. The summed E-state index contributed by atoms with van der Waals surface area (Å²) < 4.78 is 9.66. The number of ether oxygens (including phenoxy) is 2. The number of anilines is 2. The van der Waals surface area contributed by atoms with Crippen LogP contribution in [0.1, 0.15) is 0 Å². The minimum atomic E-state index is -0.650. The standard InChI is InChI=1S/C19H22N2O5/c1-20(12-13-22)14-7-9-15(10-8-14)21-11-5-4-6-16(18(23)25-2)17(21)19(24)26-3/h4-11,22H,12-13H2,1-3H3. The molecule has 1 heterocycles. The van der Waals surface area contributed by atoms with E-state index in [2.05, 4.69) is 0 Å². The molecule has 0 aromatic heterocycles. The van der Waals surface area contributed by atoms with E-state index in [1.165, 1.54) is 20.3 Å². The fraction of sp³-hybridized carbons (Fsp3) is 0.263. The molecule has 0 fully saturated rings. The van der Waals surface area contributed by atoms with Gasteiger partial charge in [0, 0.05) is 31.2 Å². The molecule has 0 spiro atoms. The Morgan fingerprint density at radius 2 is 1.73 bits per heavy atom. The van der Waals surface area contributed by atoms with Gasteiger partial charge in [0.1, 0.15) is 5.70 Å². The molecule has 0 radical (unpaired) electrons. The maximum absolute atomic E-state index is 12.4. The van der Waals surface area contributed by atoms with E-state index >= 15 is 0 Å². The Morgan fingerprint density at radius 1 is 1.08 bits per heavy atom. The Bertz CT molecular complexity index is 750. The Balaban J connectivity index is 2.48. The van der Waals surface area contributed by atoms with Crippen molar-refractivity contribution in [2.45, 2.75) is 0 Å². The zero-order chi connectivity index (χ0) is 19.1. The average Bonchev–Trinajstić information content (AvgIpc) is 2.90. The average molecular weight is 358 g/mol. The summed E-state index contributed by atoms with van der Waals surface area (Å²) in [6.45, 7) is 0.559. The number of aliphatic hydroxyl groups is 1. The van der Waals surface area contributed by atoms with E-state index in [9.17, 15) is 9.59 Å². The largest absolute Gasteiger partial charge is 0.465 e. The maximum Gasteiger partial charge on any atom is 0.355 e. The number of likely N-dealkylation sites (N-methyl/N-ethyl adjacent to an activating group) is 1. The summed E-state index contributed by atoms with van der Waals surface area (Å²) in [5, 5.41) is 9.05. The van der Waals surface area contributed by atoms with Crippen LogP contribution in [0.2, 0.25) is 0 Å². The number of hydrogen-bond acceptors (Lipinski definition) is 7. The third-order valence-corrected chi connectivity index (χ3v) is 3.89. The van der Waals surface area contributed by atoms with E-state index in [0.717, 1.165) is 5.69 Å². The van der Waals surface area contributed by atoms with E-state index in [1.54, 1.807) is 23.3 Å². The summed E-state index contributed by atoms with van der Waals surface area (Å²) in [4.78, 5) is 28.0. The zero-order valence-corrected chi connectivity index (χ0v) is 15.0. The Labute approximate surface area is 152 Å².